The van der Waals surface area contributed by atoms with Crippen LogP contribution in [0, 0.1) is 5.82 Å². The summed E-state index contributed by atoms with van der Waals surface area (Å²) in [5.41, 5.74) is 2.01. The first-order valence-electron chi connectivity index (χ1n) is 8.41. The number of benzene rings is 3. The maximum absolute atomic E-state index is 13.0. The van der Waals surface area contributed by atoms with Gasteiger partial charge in [-0.1, -0.05) is 54.6 Å². The zero-order valence-electron chi connectivity index (χ0n) is 14.2. The zero-order valence-corrected chi connectivity index (χ0v) is 14.2. The number of hydrogen-bond donors (Lipinski definition) is 0. The van der Waals surface area contributed by atoms with Gasteiger partial charge in [0.1, 0.15) is 11.6 Å². The Morgan fingerprint density at radius 1 is 1.00 bits per heavy atom. The lowest BCUT2D eigenvalue weighted by atomic mass is 9.96. The van der Waals surface area contributed by atoms with Crippen LogP contribution in [0.5, 0.6) is 0 Å². The fourth-order valence-corrected chi connectivity index (χ4v) is 3.11. The SMILES string of the molecule is COC(CC(=O)Cc1ccc(F)cc1)Cc1cccc2ccccc12. The van der Waals surface area contributed by atoms with Crippen molar-refractivity contribution < 1.29 is 13.9 Å². The highest BCUT2D eigenvalue weighted by Gasteiger charge is 2.15. The van der Waals surface area contributed by atoms with Gasteiger partial charge in [-0.15, -0.1) is 0 Å². The lowest BCUT2D eigenvalue weighted by Crippen LogP contribution is -2.20. The van der Waals surface area contributed by atoms with Gasteiger partial charge in [0.2, 0.25) is 0 Å². The highest BCUT2D eigenvalue weighted by Crippen LogP contribution is 2.21. The molecule has 0 saturated carbocycles. The quantitative estimate of drug-likeness (QED) is 0.623. The van der Waals surface area contributed by atoms with Gasteiger partial charge in [0.25, 0.3) is 0 Å². The summed E-state index contributed by atoms with van der Waals surface area (Å²) < 4.78 is 18.5. The van der Waals surface area contributed by atoms with E-state index in [2.05, 4.69) is 24.3 Å². The summed E-state index contributed by atoms with van der Waals surface area (Å²) in [7, 11) is 1.64. The van der Waals surface area contributed by atoms with Crippen molar-refractivity contribution in [2.75, 3.05) is 7.11 Å². The molecule has 3 aromatic carbocycles. The van der Waals surface area contributed by atoms with Gasteiger partial charge in [-0.25, -0.2) is 4.39 Å². The van der Waals surface area contributed by atoms with Crippen LogP contribution in [0.3, 0.4) is 0 Å². The summed E-state index contributed by atoms with van der Waals surface area (Å²) in [6, 6.07) is 20.5. The number of fused-ring (bicyclic) bond motifs is 1. The highest BCUT2D eigenvalue weighted by molar-refractivity contribution is 5.86. The number of carbonyl (C=O) groups is 1. The molecule has 0 aliphatic carbocycles. The number of carbonyl (C=O) groups excluding carboxylic acids is 1. The first-order chi connectivity index (χ1) is 12.2. The number of methoxy groups -OCH3 is 1. The molecule has 0 aliphatic heterocycles. The summed E-state index contributed by atoms with van der Waals surface area (Å²) in [6.07, 6.45) is 1.17. The molecule has 0 aliphatic rings. The van der Waals surface area contributed by atoms with Crippen LogP contribution in [0.1, 0.15) is 17.5 Å². The van der Waals surface area contributed by atoms with E-state index >= 15 is 0 Å². The molecule has 0 heterocycles. The van der Waals surface area contributed by atoms with Crippen LogP contribution in [0.15, 0.2) is 66.7 Å². The van der Waals surface area contributed by atoms with Gasteiger partial charge in [-0.05, 0) is 40.5 Å². The molecule has 1 unspecified atom stereocenters. The number of ether oxygens (including phenoxy) is 1. The molecular weight excluding hydrogens is 315 g/mol. The molecule has 0 N–H and O–H groups in total. The van der Waals surface area contributed by atoms with Crippen LogP contribution in [-0.2, 0) is 22.4 Å². The minimum absolute atomic E-state index is 0.0960. The molecule has 3 rings (SSSR count). The molecule has 128 valence electrons. The molecule has 1 atom stereocenters. The third-order valence-corrected chi connectivity index (χ3v) is 4.43. The third kappa shape index (κ3) is 4.52. The van der Waals surface area contributed by atoms with Gasteiger partial charge < -0.3 is 4.74 Å². The Bertz CT molecular complexity index is 850. The number of halogens is 1. The van der Waals surface area contributed by atoms with Gasteiger partial charge in [-0.3, -0.25) is 4.79 Å². The van der Waals surface area contributed by atoms with Gasteiger partial charge >= 0.3 is 0 Å². The Balaban J connectivity index is 1.67. The van der Waals surface area contributed by atoms with E-state index in [1.807, 2.05) is 18.2 Å². The van der Waals surface area contributed by atoms with E-state index in [9.17, 15) is 9.18 Å². The Hall–Kier alpha value is -2.52. The molecule has 0 amide bonds. The topological polar surface area (TPSA) is 26.3 Å². The van der Waals surface area contributed by atoms with Crippen molar-refractivity contribution in [1.82, 2.24) is 0 Å². The van der Waals surface area contributed by atoms with Crippen LogP contribution < -0.4 is 0 Å². The minimum Gasteiger partial charge on any atom is -0.381 e. The van der Waals surface area contributed by atoms with Crippen LogP contribution in [0.4, 0.5) is 4.39 Å². The Morgan fingerprint density at radius 2 is 1.72 bits per heavy atom. The Morgan fingerprint density at radius 3 is 2.48 bits per heavy atom. The van der Waals surface area contributed by atoms with Crippen LogP contribution >= 0.6 is 0 Å². The van der Waals surface area contributed by atoms with E-state index in [0.29, 0.717) is 19.3 Å². The standard InChI is InChI=1S/C22H21FO2/c1-25-21(15-20(24)13-16-9-11-19(23)12-10-16)14-18-7-4-6-17-5-2-3-8-22(17)18/h2-12,21H,13-15H2,1H3. The summed E-state index contributed by atoms with van der Waals surface area (Å²) in [5.74, 6) is -0.194. The zero-order chi connectivity index (χ0) is 17.6. The number of Topliss-reactive ketones (excluding diaryl/α,β-unsaturated/α-hetero) is 1. The van der Waals surface area contributed by atoms with Gasteiger partial charge in [0, 0.05) is 20.0 Å². The van der Waals surface area contributed by atoms with Gasteiger partial charge in [0.15, 0.2) is 0 Å². The maximum atomic E-state index is 13.0. The van der Waals surface area contributed by atoms with Crippen LogP contribution in [-0.4, -0.2) is 19.0 Å². The van der Waals surface area contributed by atoms with Crippen molar-refractivity contribution in [3.8, 4) is 0 Å². The van der Waals surface area contributed by atoms with E-state index in [1.54, 1.807) is 19.2 Å². The number of rotatable bonds is 7. The van der Waals surface area contributed by atoms with Crippen LogP contribution in [0.25, 0.3) is 10.8 Å². The second-order valence-corrected chi connectivity index (χ2v) is 6.25. The second kappa shape index (κ2) is 8.04. The molecule has 3 aromatic rings. The van der Waals surface area contributed by atoms with Crippen molar-refractivity contribution in [3.63, 3.8) is 0 Å². The summed E-state index contributed by atoms with van der Waals surface area (Å²) >= 11 is 0. The summed E-state index contributed by atoms with van der Waals surface area (Å²) in [4.78, 5) is 12.3. The Kier molecular flexibility index (Phi) is 5.56. The molecular formula is C22H21FO2. The molecule has 0 saturated heterocycles. The first kappa shape index (κ1) is 17.3. The van der Waals surface area contributed by atoms with Crippen LogP contribution in [0.2, 0.25) is 0 Å². The van der Waals surface area contributed by atoms with Crippen molar-refractivity contribution in [2.45, 2.75) is 25.4 Å². The van der Waals surface area contributed by atoms with Gasteiger partial charge in [0.05, 0.1) is 6.10 Å². The lowest BCUT2D eigenvalue weighted by Gasteiger charge is -2.16. The van der Waals surface area contributed by atoms with E-state index in [0.717, 1.165) is 5.56 Å². The van der Waals surface area contributed by atoms with Gasteiger partial charge in [-0.2, -0.15) is 0 Å². The summed E-state index contributed by atoms with van der Waals surface area (Å²) in [6.45, 7) is 0. The molecule has 0 radical (unpaired) electrons. The first-order valence-corrected chi connectivity index (χ1v) is 8.41. The molecule has 0 fully saturated rings. The smallest absolute Gasteiger partial charge is 0.139 e. The molecule has 0 bridgehead atoms. The minimum atomic E-state index is -0.290. The molecule has 3 heteroatoms. The summed E-state index contributed by atoms with van der Waals surface area (Å²) in [5, 5.41) is 2.38. The fourth-order valence-electron chi connectivity index (χ4n) is 3.11. The average Bonchev–Trinajstić information content (AvgIpc) is 2.63. The molecule has 2 nitrogen and oxygen atoms in total. The van der Waals surface area contributed by atoms with Crippen molar-refractivity contribution >= 4 is 16.6 Å². The average molecular weight is 336 g/mol. The monoisotopic (exact) mass is 336 g/mol. The molecule has 0 aromatic heterocycles. The Labute approximate surface area is 147 Å². The van der Waals surface area contributed by atoms with E-state index in [-0.39, 0.29) is 17.7 Å². The van der Waals surface area contributed by atoms with E-state index in [1.165, 1.54) is 28.5 Å². The predicted octanol–water partition coefficient (Wildman–Crippen LogP) is 4.74. The third-order valence-electron chi connectivity index (χ3n) is 4.43. The fraction of sp³-hybridized carbons (Fsp3) is 0.227. The molecule has 0 spiro atoms. The van der Waals surface area contributed by atoms with Crippen molar-refractivity contribution in [2.24, 2.45) is 0 Å². The predicted molar refractivity (Wildman–Crippen MR) is 98.2 cm³/mol. The largest absolute Gasteiger partial charge is 0.381 e. The lowest BCUT2D eigenvalue weighted by molar-refractivity contribution is -0.120. The number of ketones is 1. The van der Waals surface area contributed by atoms with E-state index in [4.69, 9.17) is 4.74 Å². The van der Waals surface area contributed by atoms with E-state index < -0.39 is 0 Å². The van der Waals surface area contributed by atoms with Crippen molar-refractivity contribution in [3.05, 3.63) is 83.7 Å². The number of hydrogen-bond acceptors (Lipinski definition) is 2. The maximum Gasteiger partial charge on any atom is 0.139 e. The normalized spacial score (nSPS) is 12.2. The molecule has 25 heavy (non-hydrogen) atoms. The highest BCUT2D eigenvalue weighted by atomic mass is 19.1. The van der Waals surface area contributed by atoms with Crippen molar-refractivity contribution in [1.29, 1.82) is 0 Å². The second-order valence-electron chi connectivity index (χ2n) is 6.25.